The molecule has 0 saturated heterocycles. The number of nitrogens with two attached hydrogens (primary N) is 1. The molecule has 0 fully saturated rings. The molecule has 10 heavy (non-hydrogen) atoms. The van der Waals surface area contributed by atoms with Crippen LogP contribution in [0.25, 0.3) is 0 Å². The summed E-state index contributed by atoms with van der Waals surface area (Å²) >= 11 is 5.60. The summed E-state index contributed by atoms with van der Waals surface area (Å²) < 4.78 is 12.7. The second-order valence-corrected chi connectivity index (χ2v) is 2.52. The Hall–Kier alpha value is -0.760. The van der Waals surface area contributed by atoms with E-state index >= 15 is 0 Å². The number of rotatable bonds is 0. The van der Waals surface area contributed by atoms with Crippen molar-refractivity contribution in [2.75, 3.05) is 5.73 Å². The van der Waals surface area contributed by atoms with Crippen LogP contribution in [0.4, 0.5) is 10.1 Å². The summed E-state index contributed by atoms with van der Waals surface area (Å²) in [6, 6.07) is 2.78. The zero-order valence-electron chi connectivity index (χ0n) is 5.49. The fourth-order valence-electron chi connectivity index (χ4n) is 0.665. The van der Waals surface area contributed by atoms with E-state index in [4.69, 9.17) is 17.3 Å². The van der Waals surface area contributed by atoms with Crippen molar-refractivity contribution >= 4 is 17.3 Å². The lowest BCUT2D eigenvalue weighted by molar-refractivity contribution is 0.619. The van der Waals surface area contributed by atoms with Crippen molar-refractivity contribution in [1.29, 1.82) is 0 Å². The van der Waals surface area contributed by atoms with Crippen molar-refractivity contribution < 1.29 is 4.39 Å². The fourth-order valence-corrected chi connectivity index (χ4v) is 0.881. The molecule has 0 amide bonds. The normalized spacial score (nSPS) is 9.90. The zero-order valence-corrected chi connectivity index (χ0v) is 6.24. The van der Waals surface area contributed by atoms with E-state index in [1.807, 2.05) is 0 Å². The first-order valence-corrected chi connectivity index (χ1v) is 3.20. The molecule has 0 spiro atoms. The summed E-state index contributed by atoms with van der Waals surface area (Å²) in [6.45, 7) is 1.61. The van der Waals surface area contributed by atoms with Crippen LogP contribution in [0.3, 0.4) is 0 Å². The minimum Gasteiger partial charge on any atom is -0.399 e. The molecule has 0 heterocycles. The Morgan fingerprint density at radius 3 is 2.60 bits per heavy atom. The monoisotopic (exact) mass is 159 g/mol. The number of hydrogen-bond acceptors (Lipinski definition) is 1. The number of hydrogen-bond donors (Lipinski definition) is 1. The molecule has 3 heteroatoms. The fraction of sp³-hybridized carbons (Fsp3) is 0.143. The highest BCUT2D eigenvalue weighted by atomic mass is 35.5. The molecular weight excluding hydrogens is 153 g/mol. The molecule has 1 aromatic rings. The van der Waals surface area contributed by atoms with Gasteiger partial charge in [0.1, 0.15) is 5.82 Å². The van der Waals surface area contributed by atoms with Gasteiger partial charge in [-0.05, 0) is 19.1 Å². The van der Waals surface area contributed by atoms with Crippen molar-refractivity contribution in [3.8, 4) is 0 Å². The predicted molar refractivity (Wildman–Crippen MR) is 40.6 cm³/mol. The van der Waals surface area contributed by atoms with Gasteiger partial charge in [0.05, 0.1) is 0 Å². The molecule has 1 aromatic carbocycles. The maximum atomic E-state index is 12.7. The predicted octanol–water partition coefficient (Wildman–Crippen LogP) is 2.37. The summed E-state index contributed by atoms with van der Waals surface area (Å²) in [5.41, 5.74) is 6.10. The number of halogens is 2. The van der Waals surface area contributed by atoms with Gasteiger partial charge >= 0.3 is 0 Å². The standard InChI is InChI=1S/C7H7ClFN/c1-4-6(8)2-5(10)3-7(4)9/h2-3H,10H2,1H3. The van der Waals surface area contributed by atoms with E-state index < -0.39 is 0 Å². The largest absolute Gasteiger partial charge is 0.399 e. The molecule has 0 radical (unpaired) electrons. The maximum Gasteiger partial charge on any atom is 0.129 e. The lowest BCUT2D eigenvalue weighted by Crippen LogP contribution is -1.89. The van der Waals surface area contributed by atoms with Gasteiger partial charge in [-0.1, -0.05) is 11.6 Å². The van der Waals surface area contributed by atoms with Crippen LogP contribution in [0.1, 0.15) is 5.56 Å². The first-order valence-electron chi connectivity index (χ1n) is 2.82. The van der Waals surface area contributed by atoms with Crippen LogP contribution in [-0.2, 0) is 0 Å². The van der Waals surface area contributed by atoms with E-state index in [1.165, 1.54) is 12.1 Å². The third-order valence-corrected chi connectivity index (χ3v) is 1.70. The molecule has 0 aliphatic carbocycles. The number of benzene rings is 1. The van der Waals surface area contributed by atoms with Crippen LogP contribution < -0.4 is 5.73 Å². The van der Waals surface area contributed by atoms with Crippen LogP contribution in [-0.4, -0.2) is 0 Å². The Morgan fingerprint density at radius 2 is 2.10 bits per heavy atom. The molecule has 0 aliphatic heterocycles. The molecule has 0 bridgehead atoms. The molecule has 0 unspecified atom stereocenters. The summed E-state index contributed by atoms with van der Waals surface area (Å²) in [4.78, 5) is 0. The van der Waals surface area contributed by atoms with Gasteiger partial charge in [-0.3, -0.25) is 0 Å². The molecule has 54 valence electrons. The molecule has 0 aromatic heterocycles. The van der Waals surface area contributed by atoms with Gasteiger partial charge in [-0.25, -0.2) is 4.39 Å². The Morgan fingerprint density at radius 1 is 1.50 bits per heavy atom. The van der Waals surface area contributed by atoms with Crippen LogP contribution in [0, 0.1) is 12.7 Å². The van der Waals surface area contributed by atoms with Gasteiger partial charge in [0, 0.05) is 16.3 Å². The van der Waals surface area contributed by atoms with Crippen LogP contribution in [0.15, 0.2) is 12.1 Å². The minimum atomic E-state index is -0.356. The molecule has 1 rings (SSSR count). The summed E-state index contributed by atoms with van der Waals surface area (Å²) in [5.74, 6) is -0.356. The SMILES string of the molecule is Cc1c(F)cc(N)cc1Cl. The number of nitrogen functional groups attached to an aromatic ring is 1. The van der Waals surface area contributed by atoms with Crippen LogP contribution in [0.5, 0.6) is 0 Å². The Labute approximate surface area is 63.6 Å². The first-order chi connectivity index (χ1) is 4.61. The quantitative estimate of drug-likeness (QED) is 0.578. The molecule has 0 aliphatic rings. The molecule has 1 nitrogen and oxygen atoms in total. The smallest absolute Gasteiger partial charge is 0.129 e. The lowest BCUT2D eigenvalue weighted by Gasteiger charge is -1.99. The average Bonchev–Trinajstić information content (AvgIpc) is 1.82. The highest BCUT2D eigenvalue weighted by molar-refractivity contribution is 6.31. The highest BCUT2D eigenvalue weighted by Crippen LogP contribution is 2.21. The van der Waals surface area contributed by atoms with Gasteiger partial charge in [0.2, 0.25) is 0 Å². The average molecular weight is 160 g/mol. The van der Waals surface area contributed by atoms with E-state index in [0.717, 1.165) is 0 Å². The second-order valence-electron chi connectivity index (χ2n) is 2.11. The van der Waals surface area contributed by atoms with E-state index in [-0.39, 0.29) is 5.82 Å². The Bertz CT molecular complexity index is 237. The molecule has 0 saturated carbocycles. The first kappa shape index (κ1) is 7.35. The summed E-state index contributed by atoms with van der Waals surface area (Å²) in [5, 5.41) is 0.373. The van der Waals surface area contributed by atoms with E-state index in [2.05, 4.69) is 0 Å². The van der Waals surface area contributed by atoms with E-state index in [1.54, 1.807) is 6.92 Å². The third kappa shape index (κ3) is 1.21. The lowest BCUT2D eigenvalue weighted by atomic mass is 10.2. The van der Waals surface area contributed by atoms with Crippen molar-refractivity contribution in [2.45, 2.75) is 6.92 Å². The zero-order chi connectivity index (χ0) is 7.72. The number of anilines is 1. The van der Waals surface area contributed by atoms with Crippen molar-refractivity contribution in [1.82, 2.24) is 0 Å². The second kappa shape index (κ2) is 2.46. The van der Waals surface area contributed by atoms with Gasteiger partial charge in [-0.2, -0.15) is 0 Å². The van der Waals surface area contributed by atoms with Crippen molar-refractivity contribution in [3.05, 3.63) is 28.5 Å². The maximum absolute atomic E-state index is 12.7. The minimum absolute atomic E-state index is 0.355. The van der Waals surface area contributed by atoms with E-state index in [9.17, 15) is 4.39 Å². The van der Waals surface area contributed by atoms with Gasteiger partial charge in [0.25, 0.3) is 0 Å². The van der Waals surface area contributed by atoms with Gasteiger partial charge in [-0.15, -0.1) is 0 Å². The molecule has 2 N–H and O–H groups in total. The van der Waals surface area contributed by atoms with Crippen LogP contribution in [0.2, 0.25) is 5.02 Å². The highest BCUT2D eigenvalue weighted by Gasteiger charge is 2.01. The Balaban J connectivity index is 3.31. The summed E-state index contributed by atoms with van der Waals surface area (Å²) in [6.07, 6.45) is 0. The van der Waals surface area contributed by atoms with Crippen molar-refractivity contribution in [2.24, 2.45) is 0 Å². The van der Waals surface area contributed by atoms with Crippen LogP contribution >= 0.6 is 11.6 Å². The molecule has 0 atom stereocenters. The van der Waals surface area contributed by atoms with Gasteiger partial charge < -0.3 is 5.73 Å². The third-order valence-electron chi connectivity index (χ3n) is 1.30. The topological polar surface area (TPSA) is 26.0 Å². The Kier molecular flexibility index (Phi) is 1.81. The van der Waals surface area contributed by atoms with Gasteiger partial charge in [0.15, 0.2) is 0 Å². The van der Waals surface area contributed by atoms with E-state index in [0.29, 0.717) is 16.3 Å². The van der Waals surface area contributed by atoms with Crippen molar-refractivity contribution in [3.63, 3.8) is 0 Å². The summed E-state index contributed by atoms with van der Waals surface area (Å²) in [7, 11) is 0. The molecular formula is C7H7ClFN.